The van der Waals surface area contributed by atoms with Gasteiger partial charge in [0.2, 0.25) is 0 Å². The van der Waals surface area contributed by atoms with Crippen LogP contribution in [0.5, 0.6) is 0 Å². The summed E-state index contributed by atoms with van der Waals surface area (Å²) in [6.07, 6.45) is 0. The average molecular weight is 280 g/mol. The molecule has 0 saturated carbocycles. The van der Waals surface area contributed by atoms with Crippen molar-refractivity contribution in [3.8, 4) is 0 Å². The summed E-state index contributed by atoms with van der Waals surface area (Å²) >= 11 is 9.23. The lowest BCUT2D eigenvalue weighted by molar-refractivity contribution is 0.0113. The van der Waals surface area contributed by atoms with Gasteiger partial charge in [0.15, 0.2) is 5.82 Å². The molecule has 1 rings (SSSR count). The molecule has 1 aromatic heterocycles. The molecule has 0 radical (unpaired) electrons. The zero-order chi connectivity index (χ0) is 10.9. The molecule has 0 fully saturated rings. The van der Waals surface area contributed by atoms with Crippen LogP contribution in [0.25, 0.3) is 0 Å². The Morgan fingerprint density at radius 3 is 2.36 bits per heavy atom. The van der Waals surface area contributed by atoms with Crippen molar-refractivity contribution in [1.29, 1.82) is 0 Å². The van der Waals surface area contributed by atoms with Crippen LogP contribution in [0.2, 0.25) is 5.15 Å². The Labute approximate surface area is 97.0 Å². The normalized spacial score (nSPS) is 11.9. The molecule has 0 unspecified atom stereocenters. The Balaban J connectivity index is 3.26. The Kier molecular flexibility index (Phi) is 3.50. The van der Waals surface area contributed by atoms with E-state index in [1.165, 1.54) is 0 Å². The van der Waals surface area contributed by atoms with Crippen molar-refractivity contribution in [2.24, 2.45) is 0 Å². The zero-order valence-electron chi connectivity index (χ0n) is 8.56. The van der Waals surface area contributed by atoms with Crippen molar-refractivity contribution in [3.63, 3.8) is 0 Å². The van der Waals surface area contributed by atoms with Gasteiger partial charge in [-0.2, -0.15) is 0 Å². The van der Waals surface area contributed by atoms with E-state index in [9.17, 15) is 0 Å². The van der Waals surface area contributed by atoms with Crippen LogP contribution in [0.1, 0.15) is 25.4 Å². The molecule has 0 spiro atoms. The number of aromatic nitrogens is 2. The monoisotopic (exact) mass is 278 g/mol. The van der Waals surface area contributed by atoms with E-state index in [4.69, 9.17) is 16.3 Å². The molecule has 0 amide bonds. The van der Waals surface area contributed by atoms with Crippen LogP contribution < -0.4 is 0 Å². The molecular weight excluding hydrogens is 267 g/mol. The highest BCUT2D eigenvalue weighted by atomic mass is 79.9. The third-order valence-electron chi connectivity index (χ3n) is 2.03. The van der Waals surface area contributed by atoms with E-state index < -0.39 is 5.60 Å². The molecule has 0 N–H and O–H groups in total. The smallest absolute Gasteiger partial charge is 0.161 e. The summed E-state index contributed by atoms with van der Waals surface area (Å²) in [6.45, 7) is 5.66. The van der Waals surface area contributed by atoms with Crippen LogP contribution in [-0.2, 0) is 10.3 Å². The summed E-state index contributed by atoms with van der Waals surface area (Å²) in [7, 11) is 1.62. The lowest BCUT2D eigenvalue weighted by Gasteiger charge is -2.21. The van der Waals surface area contributed by atoms with E-state index in [1.807, 2.05) is 20.8 Å². The van der Waals surface area contributed by atoms with Gasteiger partial charge in [-0.25, -0.2) is 9.97 Å². The first-order valence-electron chi connectivity index (χ1n) is 4.13. The summed E-state index contributed by atoms with van der Waals surface area (Å²) in [6, 6.07) is 0. The lowest BCUT2D eigenvalue weighted by atomic mass is 10.1. The van der Waals surface area contributed by atoms with E-state index in [-0.39, 0.29) is 0 Å². The van der Waals surface area contributed by atoms with Gasteiger partial charge >= 0.3 is 0 Å². The van der Waals surface area contributed by atoms with Crippen molar-refractivity contribution in [1.82, 2.24) is 9.97 Å². The summed E-state index contributed by atoms with van der Waals surface area (Å²) < 4.78 is 6.01. The van der Waals surface area contributed by atoms with Crippen molar-refractivity contribution < 1.29 is 4.74 Å². The van der Waals surface area contributed by atoms with Gasteiger partial charge in [0.1, 0.15) is 10.8 Å². The molecule has 14 heavy (non-hydrogen) atoms. The molecule has 1 aromatic rings. The average Bonchev–Trinajstić information content (AvgIpc) is 2.13. The van der Waals surface area contributed by atoms with Gasteiger partial charge in [-0.15, -0.1) is 0 Å². The highest BCUT2D eigenvalue weighted by Crippen LogP contribution is 2.27. The number of nitrogens with zero attached hydrogens (tertiary/aromatic N) is 2. The molecule has 78 valence electrons. The molecule has 5 heteroatoms. The van der Waals surface area contributed by atoms with Crippen LogP contribution in [0.15, 0.2) is 4.47 Å². The predicted molar refractivity (Wildman–Crippen MR) is 59.5 cm³/mol. The second-order valence-corrected chi connectivity index (χ2v) is 4.60. The number of methoxy groups -OCH3 is 1. The first kappa shape index (κ1) is 11.9. The summed E-state index contributed by atoms with van der Waals surface area (Å²) in [5.41, 5.74) is 0.292. The third kappa shape index (κ3) is 2.24. The van der Waals surface area contributed by atoms with Gasteiger partial charge in [-0.1, -0.05) is 11.6 Å². The van der Waals surface area contributed by atoms with Gasteiger partial charge in [0, 0.05) is 7.11 Å². The minimum Gasteiger partial charge on any atom is -0.371 e. The maximum absolute atomic E-state index is 5.93. The number of hydrogen-bond acceptors (Lipinski definition) is 3. The Hall–Kier alpha value is -0.190. The SMILES string of the molecule is COC(C)(C)c1nc(C)c(Br)c(Cl)n1. The zero-order valence-corrected chi connectivity index (χ0v) is 10.9. The van der Waals surface area contributed by atoms with E-state index in [0.717, 1.165) is 10.2 Å². The maximum atomic E-state index is 5.93. The minimum atomic E-state index is -0.519. The fourth-order valence-corrected chi connectivity index (χ4v) is 1.28. The first-order valence-corrected chi connectivity index (χ1v) is 5.31. The second-order valence-electron chi connectivity index (χ2n) is 3.45. The van der Waals surface area contributed by atoms with Crippen LogP contribution in [0, 0.1) is 6.92 Å². The topological polar surface area (TPSA) is 35.0 Å². The lowest BCUT2D eigenvalue weighted by Crippen LogP contribution is -2.23. The predicted octanol–water partition coefficient (Wildman–Crippen LogP) is 3.08. The molecule has 3 nitrogen and oxygen atoms in total. The maximum Gasteiger partial charge on any atom is 0.161 e. The van der Waals surface area contributed by atoms with Crippen molar-refractivity contribution in [3.05, 3.63) is 21.1 Å². The molecule has 0 aliphatic rings. The molecule has 0 aromatic carbocycles. The van der Waals surface area contributed by atoms with Gasteiger partial charge in [-0.3, -0.25) is 0 Å². The Morgan fingerprint density at radius 1 is 1.36 bits per heavy atom. The van der Waals surface area contributed by atoms with E-state index >= 15 is 0 Å². The van der Waals surface area contributed by atoms with Gasteiger partial charge in [0.05, 0.1) is 10.2 Å². The van der Waals surface area contributed by atoms with Crippen LogP contribution in [0.3, 0.4) is 0 Å². The number of rotatable bonds is 2. The van der Waals surface area contributed by atoms with Crippen LogP contribution >= 0.6 is 27.5 Å². The highest BCUT2D eigenvalue weighted by molar-refractivity contribution is 9.10. The fraction of sp³-hybridized carbons (Fsp3) is 0.556. The molecule has 0 aliphatic heterocycles. The van der Waals surface area contributed by atoms with E-state index in [0.29, 0.717) is 11.0 Å². The Morgan fingerprint density at radius 2 is 1.93 bits per heavy atom. The van der Waals surface area contributed by atoms with Crippen molar-refractivity contribution in [2.45, 2.75) is 26.4 Å². The van der Waals surface area contributed by atoms with Crippen molar-refractivity contribution in [2.75, 3.05) is 7.11 Å². The van der Waals surface area contributed by atoms with E-state index in [1.54, 1.807) is 7.11 Å². The molecule has 1 heterocycles. The van der Waals surface area contributed by atoms with Gasteiger partial charge < -0.3 is 4.74 Å². The van der Waals surface area contributed by atoms with Crippen LogP contribution in [0.4, 0.5) is 0 Å². The number of hydrogen-bond donors (Lipinski definition) is 0. The summed E-state index contributed by atoms with van der Waals surface area (Å²) in [5.74, 6) is 0.589. The Bertz CT molecular complexity index is 332. The standard InChI is InChI=1S/C9H12BrClN2O/c1-5-6(10)7(11)13-8(12-5)9(2,3)14-4/h1-4H3. The third-order valence-corrected chi connectivity index (χ3v) is 3.48. The number of halogens is 2. The highest BCUT2D eigenvalue weighted by Gasteiger charge is 2.24. The largest absolute Gasteiger partial charge is 0.371 e. The molecule has 0 atom stereocenters. The van der Waals surface area contributed by atoms with E-state index in [2.05, 4.69) is 25.9 Å². The molecule has 0 aliphatic carbocycles. The van der Waals surface area contributed by atoms with Gasteiger partial charge in [-0.05, 0) is 36.7 Å². The summed E-state index contributed by atoms with van der Waals surface area (Å²) in [5, 5.41) is 0.414. The van der Waals surface area contributed by atoms with Crippen molar-refractivity contribution >= 4 is 27.5 Å². The van der Waals surface area contributed by atoms with Crippen LogP contribution in [-0.4, -0.2) is 17.1 Å². The first-order chi connectivity index (χ1) is 6.38. The molecule has 0 bridgehead atoms. The second kappa shape index (κ2) is 4.13. The number of aryl methyl sites for hydroxylation is 1. The fourth-order valence-electron chi connectivity index (χ4n) is 0.885. The minimum absolute atomic E-state index is 0.414. The molecular formula is C9H12BrClN2O. The summed E-state index contributed by atoms with van der Waals surface area (Å²) in [4.78, 5) is 8.47. The molecule has 0 saturated heterocycles. The van der Waals surface area contributed by atoms with Gasteiger partial charge in [0.25, 0.3) is 0 Å². The quantitative estimate of drug-likeness (QED) is 0.780. The number of ether oxygens (including phenoxy) is 1.